The standard InChI is InChI=1S/C20H28BrN5O6/c1-20(2,3)32-19(30)24-14-10-26(16(27)11-31-4)8-7-13(14)23-17(28)18(29)25-15-6-5-12(21)9-22-15/h5-6,9,13-14H,7-8,10-11H2,1-4H3,(H,23,28)(H,24,30)(H,22,25,29)/t13-,14+/m0/s1. The van der Waals surface area contributed by atoms with Crippen molar-refractivity contribution in [2.24, 2.45) is 0 Å². The molecule has 2 atom stereocenters. The lowest BCUT2D eigenvalue weighted by Gasteiger charge is -2.39. The number of rotatable bonds is 5. The second kappa shape index (κ2) is 11.2. The quantitative estimate of drug-likeness (QED) is 0.499. The molecule has 176 valence electrons. The number of amides is 4. The van der Waals surface area contributed by atoms with E-state index in [-0.39, 0.29) is 24.9 Å². The minimum absolute atomic E-state index is 0.0984. The molecule has 0 aliphatic carbocycles. The van der Waals surface area contributed by atoms with Crippen LogP contribution in [-0.2, 0) is 23.9 Å². The van der Waals surface area contributed by atoms with E-state index < -0.39 is 35.6 Å². The maximum atomic E-state index is 12.5. The van der Waals surface area contributed by atoms with E-state index in [1.165, 1.54) is 18.2 Å². The molecule has 0 unspecified atom stereocenters. The normalized spacial score (nSPS) is 18.5. The number of piperidine rings is 1. The van der Waals surface area contributed by atoms with Gasteiger partial charge in [-0.1, -0.05) is 0 Å². The molecule has 0 bridgehead atoms. The smallest absolute Gasteiger partial charge is 0.408 e. The number of carbonyl (C=O) groups excluding carboxylic acids is 4. The van der Waals surface area contributed by atoms with E-state index in [1.54, 1.807) is 32.9 Å². The van der Waals surface area contributed by atoms with Gasteiger partial charge in [0.15, 0.2) is 0 Å². The Bertz CT molecular complexity index is 842. The first-order valence-corrected chi connectivity index (χ1v) is 10.8. The summed E-state index contributed by atoms with van der Waals surface area (Å²) in [5, 5.41) is 7.74. The lowest BCUT2D eigenvalue weighted by Crippen LogP contribution is -2.62. The largest absolute Gasteiger partial charge is 0.444 e. The number of alkyl carbamates (subject to hydrolysis) is 1. The number of hydrogen-bond acceptors (Lipinski definition) is 7. The third-order valence-electron chi connectivity index (χ3n) is 4.43. The minimum Gasteiger partial charge on any atom is -0.444 e. The molecule has 0 spiro atoms. The van der Waals surface area contributed by atoms with Crippen LogP contribution in [0.3, 0.4) is 0 Å². The van der Waals surface area contributed by atoms with E-state index in [4.69, 9.17) is 9.47 Å². The number of nitrogens with one attached hydrogen (secondary N) is 3. The first kappa shape index (κ1) is 25.5. The number of carbonyl (C=O) groups is 4. The minimum atomic E-state index is -0.895. The highest BCUT2D eigenvalue weighted by molar-refractivity contribution is 9.10. The predicted octanol–water partition coefficient (Wildman–Crippen LogP) is 1.04. The second-order valence-electron chi connectivity index (χ2n) is 8.21. The van der Waals surface area contributed by atoms with Gasteiger partial charge in [0.25, 0.3) is 0 Å². The summed E-state index contributed by atoms with van der Waals surface area (Å²) in [5.74, 6) is -1.80. The van der Waals surface area contributed by atoms with Crippen LogP contribution in [0.1, 0.15) is 27.2 Å². The van der Waals surface area contributed by atoms with Crippen molar-refractivity contribution in [2.75, 3.05) is 32.1 Å². The molecule has 0 radical (unpaired) electrons. The average Bonchev–Trinajstić information content (AvgIpc) is 2.69. The van der Waals surface area contributed by atoms with Crippen LogP contribution in [0.5, 0.6) is 0 Å². The zero-order chi connectivity index (χ0) is 23.9. The van der Waals surface area contributed by atoms with E-state index in [0.29, 0.717) is 13.0 Å². The number of methoxy groups -OCH3 is 1. The van der Waals surface area contributed by atoms with Crippen LogP contribution in [-0.4, -0.2) is 78.2 Å². The number of halogens is 1. The average molecular weight is 514 g/mol. The molecule has 11 nitrogen and oxygen atoms in total. The van der Waals surface area contributed by atoms with E-state index in [1.807, 2.05) is 0 Å². The van der Waals surface area contributed by atoms with Crippen LogP contribution < -0.4 is 16.0 Å². The Morgan fingerprint density at radius 2 is 1.88 bits per heavy atom. The van der Waals surface area contributed by atoms with Crippen molar-refractivity contribution in [3.8, 4) is 0 Å². The van der Waals surface area contributed by atoms with Crippen molar-refractivity contribution in [3.63, 3.8) is 0 Å². The van der Waals surface area contributed by atoms with Gasteiger partial charge in [-0.15, -0.1) is 0 Å². The van der Waals surface area contributed by atoms with E-state index >= 15 is 0 Å². The Hall–Kier alpha value is -2.73. The number of ether oxygens (including phenoxy) is 2. The molecule has 1 saturated heterocycles. The van der Waals surface area contributed by atoms with Crippen LogP contribution in [0.2, 0.25) is 0 Å². The predicted molar refractivity (Wildman–Crippen MR) is 119 cm³/mol. The summed E-state index contributed by atoms with van der Waals surface area (Å²) in [6, 6.07) is 1.96. The molecule has 0 saturated carbocycles. The lowest BCUT2D eigenvalue weighted by atomic mass is 9.99. The van der Waals surface area contributed by atoms with Gasteiger partial charge in [-0.05, 0) is 55.3 Å². The van der Waals surface area contributed by atoms with Crippen molar-refractivity contribution in [1.29, 1.82) is 0 Å². The van der Waals surface area contributed by atoms with Gasteiger partial charge in [-0.2, -0.15) is 0 Å². The third-order valence-corrected chi connectivity index (χ3v) is 4.90. The van der Waals surface area contributed by atoms with Gasteiger partial charge in [-0.3, -0.25) is 14.4 Å². The molecule has 1 fully saturated rings. The highest BCUT2D eigenvalue weighted by atomic mass is 79.9. The zero-order valence-corrected chi connectivity index (χ0v) is 20.0. The first-order chi connectivity index (χ1) is 15.0. The van der Waals surface area contributed by atoms with Crippen LogP contribution in [0, 0.1) is 0 Å². The van der Waals surface area contributed by atoms with Crippen molar-refractivity contribution in [3.05, 3.63) is 22.8 Å². The second-order valence-corrected chi connectivity index (χ2v) is 9.13. The first-order valence-electron chi connectivity index (χ1n) is 9.98. The number of nitrogens with zero attached hydrogens (tertiary/aromatic N) is 2. The van der Waals surface area contributed by atoms with Crippen molar-refractivity contribution in [1.82, 2.24) is 20.5 Å². The molecular weight excluding hydrogens is 486 g/mol. The summed E-state index contributed by atoms with van der Waals surface area (Å²) in [7, 11) is 1.42. The molecule has 1 aliphatic heterocycles. The molecular formula is C20H28BrN5O6. The fourth-order valence-corrected chi connectivity index (χ4v) is 3.26. The maximum Gasteiger partial charge on any atom is 0.408 e. The van der Waals surface area contributed by atoms with Crippen LogP contribution in [0.4, 0.5) is 10.6 Å². The molecule has 0 aromatic carbocycles. The SMILES string of the molecule is COCC(=O)N1CC[C@H](NC(=O)C(=O)Nc2ccc(Br)cn2)[C@H](NC(=O)OC(C)(C)C)C1. The van der Waals surface area contributed by atoms with Gasteiger partial charge in [0.2, 0.25) is 5.91 Å². The summed E-state index contributed by atoms with van der Waals surface area (Å²) in [4.78, 5) is 54.8. The van der Waals surface area contributed by atoms with Gasteiger partial charge in [0.1, 0.15) is 18.0 Å². The van der Waals surface area contributed by atoms with E-state index in [0.717, 1.165) is 4.47 Å². The Kier molecular flexibility index (Phi) is 8.96. The number of pyridine rings is 1. The molecule has 1 aromatic rings. The summed E-state index contributed by atoms with van der Waals surface area (Å²) in [5.41, 5.74) is -0.722. The summed E-state index contributed by atoms with van der Waals surface area (Å²) in [6.07, 6.45) is 1.12. The number of anilines is 1. The fourth-order valence-electron chi connectivity index (χ4n) is 3.03. The molecule has 3 N–H and O–H groups in total. The van der Waals surface area contributed by atoms with Crippen molar-refractivity contribution >= 4 is 45.6 Å². The van der Waals surface area contributed by atoms with Crippen LogP contribution >= 0.6 is 15.9 Å². The van der Waals surface area contributed by atoms with Gasteiger partial charge in [0.05, 0.1) is 12.1 Å². The van der Waals surface area contributed by atoms with E-state index in [2.05, 4.69) is 36.9 Å². The Morgan fingerprint density at radius 3 is 2.47 bits per heavy atom. The number of aromatic nitrogens is 1. The van der Waals surface area contributed by atoms with Crippen LogP contribution in [0.25, 0.3) is 0 Å². The Morgan fingerprint density at radius 1 is 1.16 bits per heavy atom. The molecule has 4 amide bonds. The van der Waals surface area contributed by atoms with Crippen molar-refractivity contribution in [2.45, 2.75) is 44.9 Å². The summed E-state index contributed by atoms with van der Waals surface area (Å²) < 4.78 is 10.9. The molecule has 1 aliphatic rings. The summed E-state index contributed by atoms with van der Waals surface area (Å²) in [6.45, 7) is 5.53. The zero-order valence-electron chi connectivity index (χ0n) is 18.4. The molecule has 2 rings (SSSR count). The molecule has 2 heterocycles. The van der Waals surface area contributed by atoms with E-state index in [9.17, 15) is 19.2 Å². The van der Waals surface area contributed by atoms with Gasteiger partial charge in [-0.25, -0.2) is 9.78 Å². The summed E-state index contributed by atoms with van der Waals surface area (Å²) >= 11 is 3.24. The fraction of sp³-hybridized carbons (Fsp3) is 0.550. The highest BCUT2D eigenvalue weighted by Crippen LogP contribution is 2.15. The monoisotopic (exact) mass is 513 g/mol. The Balaban J connectivity index is 2.05. The number of hydrogen-bond donors (Lipinski definition) is 3. The molecule has 32 heavy (non-hydrogen) atoms. The molecule has 1 aromatic heterocycles. The topological polar surface area (TPSA) is 139 Å². The Labute approximate surface area is 194 Å². The van der Waals surface area contributed by atoms with Gasteiger partial charge >= 0.3 is 17.9 Å². The third kappa shape index (κ3) is 8.08. The van der Waals surface area contributed by atoms with Crippen molar-refractivity contribution < 1.29 is 28.7 Å². The number of likely N-dealkylation sites (tertiary alicyclic amines) is 1. The highest BCUT2D eigenvalue weighted by Gasteiger charge is 2.35. The molecule has 12 heteroatoms. The van der Waals surface area contributed by atoms with Gasteiger partial charge < -0.3 is 30.3 Å². The maximum absolute atomic E-state index is 12.5. The van der Waals surface area contributed by atoms with Crippen LogP contribution in [0.15, 0.2) is 22.8 Å². The lowest BCUT2D eigenvalue weighted by molar-refractivity contribution is -0.138. The van der Waals surface area contributed by atoms with Gasteiger partial charge in [0, 0.05) is 30.9 Å².